The molecule has 5 nitrogen and oxygen atoms in total. The Kier molecular flexibility index (Phi) is 2.51. The van der Waals surface area contributed by atoms with E-state index in [1.54, 1.807) is 6.07 Å². The van der Waals surface area contributed by atoms with Crippen molar-refractivity contribution in [3.05, 3.63) is 52.6 Å². The lowest BCUT2D eigenvalue weighted by Crippen LogP contribution is -1.97. The molecule has 80 valence electrons. The van der Waals surface area contributed by atoms with E-state index >= 15 is 0 Å². The summed E-state index contributed by atoms with van der Waals surface area (Å²) in [5.74, 6) is -0.0908. The Balaban J connectivity index is 2.54. The fourth-order valence-corrected chi connectivity index (χ4v) is 1.43. The second-order valence-corrected chi connectivity index (χ2v) is 3.26. The molecule has 0 saturated heterocycles. The molecule has 2 N–H and O–H groups in total. The van der Waals surface area contributed by atoms with Gasteiger partial charge in [0.05, 0.1) is 0 Å². The lowest BCUT2D eigenvalue weighted by Gasteiger charge is -2.01. The molecule has 16 heavy (non-hydrogen) atoms. The van der Waals surface area contributed by atoms with Crippen molar-refractivity contribution in [3.8, 4) is 11.1 Å². The molecule has 0 radical (unpaired) electrons. The molecular formula is C11H9N3O2. The van der Waals surface area contributed by atoms with Gasteiger partial charge in [-0.25, -0.2) is 0 Å². The van der Waals surface area contributed by atoms with Crippen LogP contribution in [0.3, 0.4) is 0 Å². The number of anilines is 1. The van der Waals surface area contributed by atoms with Gasteiger partial charge < -0.3 is 15.8 Å². The first-order valence-corrected chi connectivity index (χ1v) is 4.64. The van der Waals surface area contributed by atoms with E-state index in [-0.39, 0.29) is 11.6 Å². The van der Waals surface area contributed by atoms with E-state index in [2.05, 4.69) is 4.98 Å². The fourth-order valence-electron chi connectivity index (χ4n) is 1.43. The van der Waals surface area contributed by atoms with Gasteiger partial charge in [-0.3, -0.25) is 0 Å². The maximum Gasteiger partial charge on any atom is 0.366 e. The molecule has 0 fully saturated rings. The molecule has 1 aromatic heterocycles. The van der Waals surface area contributed by atoms with E-state index in [1.807, 2.05) is 30.3 Å². The standard InChI is InChI=1S/C11H9N3O2/c12-10-6-9(7-11(13-10)14(15)16)8-4-2-1-3-5-8/h1-7H,(H2,12,13). The van der Waals surface area contributed by atoms with Crippen molar-refractivity contribution in [2.24, 2.45) is 0 Å². The van der Waals surface area contributed by atoms with Gasteiger partial charge in [-0.1, -0.05) is 30.3 Å². The summed E-state index contributed by atoms with van der Waals surface area (Å²) in [5, 5.41) is 10.6. The van der Waals surface area contributed by atoms with Crippen LogP contribution in [0, 0.1) is 10.1 Å². The van der Waals surface area contributed by atoms with Gasteiger partial charge in [-0.15, -0.1) is 0 Å². The fraction of sp³-hybridized carbons (Fsp3) is 0. The summed E-state index contributed by atoms with van der Waals surface area (Å²) in [4.78, 5) is 13.7. The molecule has 5 heteroatoms. The zero-order valence-corrected chi connectivity index (χ0v) is 8.33. The average Bonchev–Trinajstić information content (AvgIpc) is 2.29. The van der Waals surface area contributed by atoms with E-state index in [4.69, 9.17) is 5.73 Å². The number of hydrogen-bond donors (Lipinski definition) is 1. The Labute approximate surface area is 91.7 Å². The predicted molar refractivity (Wildman–Crippen MR) is 60.7 cm³/mol. The highest BCUT2D eigenvalue weighted by Gasteiger charge is 2.11. The lowest BCUT2D eigenvalue weighted by atomic mass is 10.1. The van der Waals surface area contributed by atoms with Crippen LogP contribution in [-0.4, -0.2) is 9.91 Å². The molecule has 0 unspecified atom stereocenters. The van der Waals surface area contributed by atoms with Crippen LogP contribution in [0.15, 0.2) is 42.5 Å². The minimum atomic E-state index is -0.553. The van der Waals surface area contributed by atoms with Crippen molar-refractivity contribution < 1.29 is 4.92 Å². The highest BCUT2D eigenvalue weighted by atomic mass is 16.6. The minimum absolute atomic E-state index is 0.146. The van der Waals surface area contributed by atoms with Gasteiger partial charge in [0, 0.05) is 12.1 Å². The van der Waals surface area contributed by atoms with E-state index in [0.29, 0.717) is 5.56 Å². The molecule has 2 rings (SSSR count). The number of nitrogens with zero attached hydrogens (tertiary/aromatic N) is 2. The molecule has 0 bridgehead atoms. The molecule has 0 saturated carbocycles. The van der Waals surface area contributed by atoms with Crippen LogP contribution in [0.4, 0.5) is 11.6 Å². The quantitative estimate of drug-likeness (QED) is 0.615. The molecule has 0 atom stereocenters. The summed E-state index contributed by atoms with van der Waals surface area (Å²) in [6.07, 6.45) is 0. The normalized spacial score (nSPS) is 10.0. The summed E-state index contributed by atoms with van der Waals surface area (Å²) in [7, 11) is 0. The van der Waals surface area contributed by atoms with E-state index in [9.17, 15) is 10.1 Å². The zero-order valence-electron chi connectivity index (χ0n) is 8.33. The summed E-state index contributed by atoms with van der Waals surface area (Å²) >= 11 is 0. The van der Waals surface area contributed by atoms with E-state index < -0.39 is 4.92 Å². The van der Waals surface area contributed by atoms with Crippen molar-refractivity contribution in [2.75, 3.05) is 5.73 Å². The van der Waals surface area contributed by atoms with Crippen LogP contribution in [0.2, 0.25) is 0 Å². The van der Waals surface area contributed by atoms with E-state index in [1.165, 1.54) is 6.07 Å². The number of nitro groups is 1. The number of benzene rings is 1. The smallest absolute Gasteiger partial charge is 0.363 e. The number of aromatic nitrogens is 1. The van der Waals surface area contributed by atoms with Crippen molar-refractivity contribution in [3.63, 3.8) is 0 Å². The topological polar surface area (TPSA) is 82.0 Å². The van der Waals surface area contributed by atoms with Crippen LogP contribution in [0.5, 0.6) is 0 Å². The van der Waals surface area contributed by atoms with Crippen molar-refractivity contribution in [1.82, 2.24) is 4.98 Å². The number of rotatable bonds is 2. The van der Waals surface area contributed by atoms with Gasteiger partial charge in [-0.2, -0.15) is 0 Å². The monoisotopic (exact) mass is 215 g/mol. The summed E-state index contributed by atoms with van der Waals surface area (Å²) in [5.41, 5.74) is 7.09. The van der Waals surface area contributed by atoms with Crippen LogP contribution in [-0.2, 0) is 0 Å². The van der Waals surface area contributed by atoms with Crippen LogP contribution < -0.4 is 5.73 Å². The minimum Gasteiger partial charge on any atom is -0.363 e. The Hall–Kier alpha value is -2.43. The van der Waals surface area contributed by atoms with Crippen molar-refractivity contribution in [2.45, 2.75) is 0 Å². The van der Waals surface area contributed by atoms with Crippen molar-refractivity contribution >= 4 is 11.6 Å². The average molecular weight is 215 g/mol. The molecule has 1 heterocycles. The molecule has 0 aliphatic heterocycles. The van der Waals surface area contributed by atoms with Gasteiger partial charge in [0.15, 0.2) is 0 Å². The predicted octanol–water partition coefficient (Wildman–Crippen LogP) is 2.24. The van der Waals surface area contributed by atoms with Gasteiger partial charge in [0.25, 0.3) is 0 Å². The third-order valence-corrected chi connectivity index (χ3v) is 2.13. The first kappa shape index (κ1) is 10.1. The van der Waals surface area contributed by atoms with Gasteiger partial charge in [0.2, 0.25) is 5.82 Å². The molecule has 0 spiro atoms. The Bertz CT molecular complexity index is 526. The Morgan fingerprint density at radius 1 is 1.12 bits per heavy atom. The molecule has 0 amide bonds. The number of hydrogen-bond acceptors (Lipinski definition) is 4. The van der Waals surface area contributed by atoms with Gasteiger partial charge in [-0.05, 0) is 21.0 Å². The largest absolute Gasteiger partial charge is 0.366 e. The van der Waals surface area contributed by atoms with Gasteiger partial charge >= 0.3 is 5.82 Å². The van der Waals surface area contributed by atoms with E-state index in [0.717, 1.165) is 5.56 Å². The van der Waals surface area contributed by atoms with Crippen LogP contribution in [0.1, 0.15) is 0 Å². The number of pyridine rings is 1. The highest BCUT2D eigenvalue weighted by molar-refractivity contribution is 5.67. The third kappa shape index (κ3) is 1.98. The summed E-state index contributed by atoms with van der Waals surface area (Å²) in [6, 6.07) is 12.3. The third-order valence-electron chi connectivity index (χ3n) is 2.13. The zero-order chi connectivity index (χ0) is 11.5. The Morgan fingerprint density at radius 3 is 2.44 bits per heavy atom. The first-order valence-electron chi connectivity index (χ1n) is 4.64. The lowest BCUT2D eigenvalue weighted by molar-refractivity contribution is -0.389. The second-order valence-electron chi connectivity index (χ2n) is 3.26. The van der Waals surface area contributed by atoms with Crippen LogP contribution >= 0.6 is 0 Å². The molecular weight excluding hydrogens is 206 g/mol. The number of nitrogen functional groups attached to an aromatic ring is 1. The summed E-state index contributed by atoms with van der Waals surface area (Å²) < 4.78 is 0. The maximum atomic E-state index is 10.6. The second kappa shape index (κ2) is 3.98. The molecule has 0 aliphatic rings. The van der Waals surface area contributed by atoms with Crippen molar-refractivity contribution in [1.29, 1.82) is 0 Å². The van der Waals surface area contributed by atoms with Crippen LogP contribution in [0.25, 0.3) is 11.1 Å². The molecule has 1 aromatic carbocycles. The maximum absolute atomic E-state index is 10.6. The summed E-state index contributed by atoms with van der Waals surface area (Å²) in [6.45, 7) is 0. The number of nitrogens with two attached hydrogens (primary N) is 1. The molecule has 0 aliphatic carbocycles. The van der Waals surface area contributed by atoms with Gasteiger partial charge in [0.1, 0.15) is 0 Å². The molecule has 2 aromatic rings. The Morgan fingerprint density at radius 2 is 1.81 bits per heavy atom. The first-order chi connectivity index (χ1) is 7.66. The SMILES string of the molecule is Nc1cc(-c2ccccc2)cc([N+](=O)[O-])n1. The highest BCUT2D eigenvalue weighted by Crippen LogP contribution is 2.24.